The molecule has 4 saturated carbocycles. The Morgan fingerprint density at radius 3 is 2.63 bits per heavy atom. The topological polar surface area (TPSA) is 90.9 Å². The molecule has 1 aromatic heterocycles. The van der Waals surface area contributed by atoms with Gasteiger partial charge in [0.15, 0.2) is 0 Å². The Hall–Kier alpha value is -1.59. The molecular weight excluding hydrogens is 440 g/mol. The normalized spacial score (nSPS) is 44.7. The van der Waals surface area contributed by atoms with E-state index in [1.807, 2.05) is 6.26 Å². The minimum Gasteiger partial charge on any atom is -0.481 e. The van der Waals surface area contributed by atoms with E-state index < -0.39 is 12.1 Å². The van der Waals surface area contributed by atoms with Crippen LogP contribution in [0.15, 0.2) is 28.9 Å². The third-order valence-corrected chi connectivity index (χ3v) is 12.0. The molecule has 9 atom stereocenters. The maximum atomic E-state index is 11.6. The largest absolute Gasteiger partial charge is 0.481 e. The Morgan fingerprint density at radius 1 is 1.26 bits per heavy atom. The molecule has 1 heterocycles. The third-order valence-electron chi connectivity index (χ3n) is 12.0. The second kappa shape index (κ2) is 8.21. The molecule has 0 bridgehead atoms. The summed E-state index contributed by atoms with van der Waals surface area (Å²) in [7, 11) is 0. The molecule has 4 aliphatic carbocycles. The van der Waals surface area contributed by atoms with Gasteiger partial charge in [-0.25, -0.2) is 0 Å². The first-order valence-electron chi connectivity index (χ1n) is 13.7. The van der Waals surface area contributed by atoms with Gasteiger partial charge in [-0.2, -0.15) is 0 Å². The van der Waals surface area contributed by atoms with Crippen LogP contribution in [0.1, 0.15) is 83.5 Å². The van der Waals surface area contributed by atoms with E-state index in [9.17, 15) is 20.1 Å². The summed E-state index contributed by atoms with van der Waals surface area (Å²) in [6.45, 7) is 13.4. The van der Waals surface area contributed by atoms with E-state index in [4.69, 9.17) is 4.42 Å². The summed E-state index contributed by atoms with van der Waals surface area (Å²) in [5.41, 5.74) is 1.98. The maximum Gasteiger partial charge on any atom is 0.303 e. The fraction of sp³-hybridized carbons (Fsp3) is 0.767. The first-order chi connectivity index (χ1) is 16.4. The number of furan rings is 1. The lowest BCUT2D eigenvalue weighted by molar-refractivity contribution is -0.150. The number of aryl methyl sites for hydroxylation is 1. The highest BCUT2D eigenvalue weighted by Gasteiger charge is 2.81. The van der Waals surface area contributed by atoms with Gasteiger partial charge in [0.1, 0.15) is 5.76 Å². The first-order valence-corrected chi connectivity index (χ1v) is 13.7. The van der Waals surface area contributed by atoms with Crippen molar-refractivity contribution in [3.8, 4) is 0 Å². The molecule has 5 rings (SSSR count). The van der Waals surface area contributed by atoms with Crippen LogP contribution in [-0.4, -0.2) is 34.0 Å². The molecule has 4 fully saturated rings. The van der Waals surface area contributed by atoms with Crippen molar-refractivity contribution >= 4 is 5.97 Å². The standard InChI is InChI=1S/C30H44O5/c1-18-12-21(35-16-18)13-19(2)22-6-8-28(5)24-14-23(32)26(20(3)15-31)30(9-7-25(33)34)17-29(24,30)11-10-27(22,28)4/h12,16,19,22-24,26,31-32H,3,6-11,13-15,17H2,1-2,4-5H3,(H,33,34). The molecule has 9 unspecified atom stereocenters. The predicted octanol–water partition coefficient (Wildman–Crippen LogP) is 5.77. The lowest BCUT2D eigenvalue weighted by Crippen LogP contribution is -2.57. The maximum absolute atomic E-state index is 11.6. The zero-order chi connectivity index (χ0) is 25.4. The Morgan fingerprint density at radius 2 is 2.00 bits per heavy atom. The van der Waals surface area contributed by atoms with Crippen molar-refractivity contribution < 1.29 is 24.5 Å². The number of rotatable bonds is 8. The Bertz CT molecular complexity index is 1010. The van der Waals surface area contributed by atoms with Gasteiger partial charge in [-0.1, -0.05) is 27.4 Å². The molecule has 0 aromatic carbocycles. The zero-order valence-corrected chi connectivity index (χ0v) is 22.0. The lowest BCUT2D eigenvalue weighted by Gasteiger charge is -2.61. The van der Waals surface area contributed by atoms with Gasteiger partial charge in [0.2, 0.25) is 0 Å². The summed E-state index contributed by atoms with van der Waals surface area (Å²) < 4.78 is 5.81. The van der Waals surface area contributed by atoms with E-state index in [-0.39, 0.29) is 40.6 Å². The highest BCUT2D eigenvalue weighted by molar-refractivity contribution is 5.67. The van der Waals surface area contributed by atoms with Crippen molar-refractivity contribution in [1.29, 1.82) is 0 Å². The molecule has 0 saturated heterocycles. The van der Waals surface area contributed by atoms with E-state index in [0.717, 1.165) is 44.3 Å². The predicted molar refractivity (Wildman–Crippen MR) is 135 cm³/mol. The zero-order valence-electron chi connectivity index (χ0n) is 22.0. The minimum atomic E-state index is -0.777. The quantitative estimate of drug-likeness (QED) is 0.408. The van der Waals surface area contributed by atoms with E-state index >= 15 is 0 Å². The monoisotopic (exact) mass is 484 g/mol. The van der Waals surface area contributed by atoms with Crippen molar-refractivity contribution in [2.75, 3.05) is 6.61 Å². The minimum absolute atomic E-state index is 0.0645. The van der Waals surface area contributed by atoms with Gasteiger partial charge in [-0.05, 0) is 108 Å². The molecule has 5 heteroatoms. The number of fused-ring (bicyclic) bond motifs is 2. The molecule has 5 nitrogen and oxygen atoms in total. The van der Waals surface area contributed by atoms with Gasteiger partial charge in [0, 0.05) is 18.8 Å². The van der Waals surface area contributed by atoms with Gasteiger partial charge in [-0.15, -0.1) is 0 Å². The Kier molecular flexibility index (Phi) is 5.88. The molecule has 1 spiro atoms. The van der Waals surface area contributed by atoms with Gasteiger partial charge in [0.25, 0.3) is 0 Å². The van der Waals surface area contributed by atoms with E-state index in [1.54, 1.807) is 0 Å². The highest BCUT2D eigenvalue weighted by Crippen LogP contribution is 2.87. The van der Waals surface area contributed by atoms with Crippen LogP contribution >= 0.6 is 0 Å². The molecule has 3 N–H and O–H groups in total. The highest BCUT2D eigenvalue weighted by atomic mass is 16.4. The number of aliphatic hydroxyl groups excluding tert-OH is 2. The van der Waals surface area contributed by atoms with Gasteiger partial charge in [-0.3, -0.25) is 4.79 Å². The van der Waals surface area contributed by atoms with Crippen molar-refractivity contribution in [2.45, 2.75) is 91.6 Å². The molecular formula is C30H44O5. The molecule has 4 aliphatic rings. The van der Waals surface area contributed by atoms with Crippen LogP contribution < -0.4 is 0 Å². The summed E-state index contributed by atoms with van der Waals surface area (Å²) in [6.07, 6.45) is 9.24. The summed E-state index contributed by atoms with van der Waals surface area (Å²) in [5.74, 6) is 1.60. The second-order valence-corrected chi connectivity index (χ2v) is 13.3. The third kappa shape index (κ3) is 3.36. The van der Waals surface area contributed by atoms with Crippen molar-refractivity contribution in [3.63, 3.8) is 0 Å². The number of carboxylic acid groups (broad SMARTS) is 1. The van der Waals surface area contributed by atoms with Gasteiger partial charge in [0.05, 0.1) is 19.0 Å². The first kappa shape index (κ1) is 25.1. The molecule has 0 amide bonds. The second-order valence-electron chi connectivity index (χ2n) is 13.3. The smallest absolute Gasteiger partial charge is 0.303 e. The average Bonchev–Trinajstić information content (AvgIpc) is 3.13. The van der Waals surface area contributed by atoms with Gasteiger partial charge < -0.3 is 19.7 Å². The summed E-state index contributed by atoms with van der Waals surface area (Å²) >= 11 is 0. The van der Waals surface area contributed by atoms with Crippen LogP contribution in [0, 0.1) is 52.3 Å². The van der Waals surface area contributed by atoms with E-state index in [0.29, 0.717) is 29.7 Å². The Labute approximate surface area is 210 Å². The number of aliphatic hydroxyl groups is 2. The molecule has 1 aromatic rings. The van der Waals surface area contributed by atoms with Crippen LogP contribution in [0.4, 0.5) is 0 Å². The Balaban J connectivity index is 1.46. The van der Waals surface area contributed by atoms with Crippen molar-refractivity contribution in [3.05, 3.63) is 35.8 Å². The fourth-order valence-electron chi connectivity index (χ4n) is 10.3. The van der Waals surface area contributed by atoms with Crippen LogP contribution in [-0.2, 0) is 11.2 Å². The van der Waals surface area contributed by atoms with Crippen LogP contribution in [0.2, 0.25) is 0 Å². The summed E-state index contributed by atoms with van der Waals surface area (Å²) in [4.78, 5) is 11.6. The number of aliphatic carboxylic acids is 1. The molecule has 194 valence electrons. The van der Waals surface area contributed by atoms with Gasteiger partial charge >= 0.3 is 5.97 Å². The average molecular weight is 485 g/mol. The number of hydrogen-bond acceptors (Lipinski definition) is 4. The molecule has 0 radical (unpaired) electrons. The number of carboxylic acids is 1. The molecule has 0 aliphatic heterocycles. The summed E-state index contributed by atoms with van der Waals surface area (Å²) in [6, 6.07) is 2.16. The van der Waals surface area contributed by atoms with Crippen LogP contribution in [0.5, 0.6) is 0 Å². The van der Waals surface area contributed by atoms with Crippen LogP contribution in [0.3, 0.4) is 0 Å². The van der Waals surface area contributed by atoms with E-state index in [1.165, 1.54) is 12.0 Å². The SMILES string of the molecule is C=C(CO)C1C(O)CC2C3(C)CCC(C(C)Cc4cc(C)co4)C3(C)CCC23CC13CCC(=O)O. The summed E-state index contributed by atoms with van der Waals surface area (Å²) in [5, 5.41) is 31.0. The van der Waals surface area contributed by atoms with Crippen molar-refractivity contribution in [1.82, 2.24) is 0 Å². The number of carbonyl (C=O) groups is 1. The molecule has 35 heavy (non-hydrogen) atoms. The lowest BCUT2D eigenvalue weighted by atomic mass is 9.43. The van der Waals surface area contributed by atoms with Crippen molar-refractivity contribution in [2.24, 2.45) is 45.3 Å². The number of hydrogen-bond donors (Lipinski definition) is 3. The van der Waals surface area contributed by atoms with E-state index in [2.05, 4.69) is 40.3 Å². The fourth-order valence-corrected chi connectivity index (χ4v) is 10.3. The van der Waals surface area contributed by atoms with Crippen LogP contribution in [0.25, 0.3) is 0 Å².